The van der Waals surface area contributed by atoms with Crippen molar-refractivity contribution in [1.29, 1.82) is 0 Å². The summed E-state index contributed by atoms with van der Waals surface area (Å²) in [4.78, 5) is 0. The molecule has 4 nitrogen and oxygen atoms in total. The summed E-state index contributed by atoms with van der Waals surface area (Å²) in [5.74, 6) is 0.644. The molecule has 376 valence electrons. The number of allylic oxidation sites excluding steroid dienone is 4. The summed E-state index contributed by atoms with van der Waals surface area (Å²) in [5.41, 5.74) is 21.6. The van der Waals surface area contributed by atoms with Gasteiger partial charge in [-0.3, -0.25) is 0 Å². The molecule has 0 saturated heterocycles. The van der Waals surface area contributed by atoms with Gasteiger partial charge < -0.3 is 15.7 Å². The fraction of sp³-hybridized carbons (Fsp3) is 0.524. The predicted molar refractivity (Wildman–Crippen MR) is 290 cm³/mol. The number of nitrogens with zero attached hydrogens (tertiary/aromatic N) is 2. The van der Waals surface area contributed by atoms with Crippen LogP contribution in [0.5, 0.6) is 11.5 Å². The van der Waals surface area contributed by atoms with Gasteiger partial charge in [0.05, 0.1) is 5.57 Å². The van der Waals surface area contributed by atoms with Gasteiger partial charge >= 0.3 is 0 Å². The molecule has 0 aliphatic carbocycles. The molecule has 5 heteroatoms. The minimum atomic E-state index is 0. The van der Waals surface area contributed by atoms with Crippen molar-refractivity contribution in [3.8, 4) is 11.5 Å². The number of phenols is 2. The van der Waals surface area contributed by atoms with Gasteiger partial charge in [-0.25, -0.2) is 4.70 Å². The molecule has 0 radical (unpaired) electrons. The van der Waals surface area contributed by atoms with Crippen molar-refractivity contribution in [1.82, 2.24) is 0 Å². The number of rotatable bonds is 32. The van der Waals surface area contributed by atoms with E-state index in [1.54, 1.807) is 53.2 Å². The van der Waals surface area contributed by atoms with Gasteiger partial charge in [0, 0.05) is 33.2 Å². The van der Waals surface area contributed by atoms with Crippen molar-refractivity contribution < 1.29 is 31.4 Å². The smallest absolute Gasteiger partial charge is 0.215 e. The van der Waals surface area contributed by atoms with Crippen molar-refractivity contribution in [2.45, 2.75) is 214 Å². The Hall–Kier alpha value is -4.21. The monoisotopic (exact) mass is 967 g/mol. The fourth-order valence-corrected chi connectivity index (χ4v) is 8.91. The second-order valence-corrected chi connectivity index (χ2v) is 18.8. The molecule has 0 amide bonds. The molecule has 5 rings (SSSR count). The Morgan fingerprint density at radius 3 is 1.19 bits per heavy atom. The van der Waals surface area contributed by atoms with E-state index in [2.05, 4.69) is 88.4 Å². The van der Waals surface area contributed by atoms with Crippen LogP contribution in [-0.4, -0.2) is 14.9 Å². The topological polar surface area (TPSA) is 65.8 Å². The van der Waals surface area contributed by atoms with Crippen LogP contribution in [0.4, 0.5) is 0 Å². The van der Waals surface area contributed by atoms with Crippen LogP contribution in [0.15, 0.2) is 132 Å². The van der Waals surface area contributed by atoms with E-state index in [0.717, 1.165) is 54.6 Å². The number of benzene rings is 4. The van der Waals surface area contributed by atoms with Crippen LogP contribution in [0.2, 0.25) is 0 Å². The third kappa shape index (κ3) is 25.4. The van der Waals surface area contributed by atoms with Crippen molar-refractivity contribution >= 4 is 11.4 Å². The molecular weight excluding hydrogens is 875 g/mol. The first-order chi connectivity index (χ1) is 32.9. The van der Waals surface area contributed by atoms with E-state index in [-0.39, 0.29) is 16.5 Å². The second-order valence-electron chi connectivity index (χ2n) is 18.8. The average Bonchev–Trinajstić information content (AvgIpc) is 3.63. The summed E-state index contributed by atoms with van der Waals surface area (Å²) in [6.07, 6.45) is 42.7. The molecule has 0 unspecified atom stereocenters. The number of unbranched alkanes of at least 4 members (excludes halogenated alkanes) is 22. The minimum Gasteiger partial charge on any atom is -0.508 e. The van der Waals surface area contributed by atoms with Crippen LogP contribution in [0.25, 0.3) is 16.9 Å². The summed E-state index contributed by atoms with van der Waals surface area (Å²) in [7, 11) is 0. The largest absolute Gasteiger partial charge is 0.508 e. The fourth-order valence-electron chi connectivity index (χ4n) is 8.91. The summed E-state index contributed by atoms with van der Waals surface area (Å²) in [5, 5.41) is 17.3. The standard InChI is InChI=1S/C51H80N2.2C6H6O.Ni/c1-5-9-13-14-15-16-17-18-19-20-21-22-23-24-25-26-27-28-29-31-41-49-48(40-30-10-6-2)50(46-38-32-36-44(42-46)34-11-7-3)53(52)51(49)47-39-33-37-45(43-47)35-12-8-4;2*7-6-4-2-1-3-5-6;/h31-33,36-39,41-43H,5-30,34-35,40H2,1-4H3;2*1-5,7H;. The van der Waals surface area contributed by atoms with E-state index in [4.69, 9.17) is 10.2 Å². The van der Waals surface area contributed by atoms with Gasteiger partial charge in [-0.1, -0.05) is 235 Å². The Morgan fingerprint density at radius 2 is 0.794 bits per heavy atom. The first-order valence-electron chi connectivity index (χ1n) is 27.2. The van der Waals surface area contributed by atoms with Gasteiger partial charge in [-0.2, -0.15) is 0 Å². The maximum absolute atomic E-state index is 12.1. The molecular formula is C63H92N2NiO2. The van der Waals surface area contributed by atoms with Crippen LogP contribution in [0.1, 0.15) is 223 Å². The zero-order chi connectivity index (χ0) is 48.0. The molecule has 1 aliphatic heterocycles. The number of hydrogen-bond acceptors (Lipinski definition) is 2. The minimum absolute atomic E-state index is 0. The Bertz CT molecular complexity index is 1930. The van der Waals surface area contributed by atoms with Gasteiger partial charge in [-0.15, -0.1) is 0 Å². The second kappa shape index (κ2) is 39.6. The van der Waals surface area contributed by atoms with Crippen molar-refractivity contribution in [2.75, 3.05) is 0 Å². The number of para-hydroxylation sites is 2. The van der Waals surface area contributed by atoms with E-state index in [9.17, 15) is 5.53 Å². The molecule has 68 heavy (non-hydrogen) atoms. The molecule has 0 fully saturated rings. The Morgan fingerprint density at radius 1 is 0.412 bits per heavy atom. The van der Waals surface area contributed by atoms with Crippen molar-refractivity contribution in [3.63, 3.8) is 0 Å². The molecule has 0 bridgehead atoms. The number of aryl methyl sites for hydroxylation is 2. The first kappa shape index (κ1) is 59.9. The normalized spacial score (nSPS) is 12.2. The van der Waals surface area contributed by atoms with E-state index in [1.807, 2.05) is 12.1 Å². The summed E-state index contributed by atoms with van der Waals surface area (Å²) >= 11 is 0. The van der Waals surface area contributed by atoms with Gasteiger partial charge in [0.15, 0.2) is 0 Å². The third-order valence-corrected chi connectivity index (χ3v) is 12.9. The number of phenolic OH excluding ortho intramolecular Hbond substituents is 2. The summed E-state index contributed by atoms with van der Waals surface area (Å²) < 4.78 is 1.55. The molecule has 2 N–H and O–H groups in total. The van der Waals surface area contributed by atoms with Gasteiger partial charge in [0.25, 0.3) is 0 Å². The maximum Gasteiger partial charge on any atom is 0.215 e. The molecule has 1 heterocycles. The summed E-state index contributed by atoms with van der Waals surface area (Å²) in [6.45, 7) is 9.10. The summed E-state index contributed by atoms with van der Waals surface area (Å²) in [6, 6.07) is 35.3. The zero-order valence-electron chi connectivity index (χ0n) is 43.2. The Labute approximate surface area is 426 Å². The number of hydrogen-bond donors (Lipinski definition) is 2. The van der Waals surface area contributed by atoms with Crippen LogP contribution >= 0.6 is 0 Å². The molecule has 0 atom stereocenters. The van der Waals surface area contributed by atoms with Crippen molar-refractivity contribution in [3.05, 3.63) is 160 Å². The first-order valence-corrected chi connectivity index (χ1v) is 27.2. The van der Waals surface area contributed by atoms with Crippen LogP contribution in [-0.2, 0) is 29.3 Å². The molecule has 0 spiro atoms. The predicted octanol–water partition coefficient (Wildman–Crippen LogP) is 19.9. The van der Waals surface area contributed by atoms with Crippen LogP contribution in [0.3, 0.4) is 0 Å². The quantitative estimate of drug-likeness (QED) is 0.0291. The molecule has 0 saturated carbocycles. The average molecular weight is 968 g/mol. The van der Waals surface area contributed by atoms with E-state index in [0.29, 0.717) is 11.5 Å². The molecule has 4 aromatic rings. The number of aromatic hydroxyl groups is 2. The molecule has 4 aromatic carbocycles. The van der Waals surface area contributed by atoms with E-state index in [1.165, 1.54) is 176 Å². The zero-order valence-corrected chi connectivity index (χ0v) is 44.1. The van der Waals surface area contributed by atoms with E-state index < -0.39 is 0 Å². The van der Waals surface area contributed by atoms with Crippen LogP contribution < -0.4 is 0 Å². The van der Waals surface area contributed by atoms with Crippen molar-refractivity contribution in [2.24, 2.45) is 0 Å². The van der Waals surface area contributed by atoms with Crippen LogP contribution in [0, 0.1) is 0 Å². The molecule has 0 aromatic heterocycles. The SMILES string of the molecule is CCCCCCCCCCCCCCCCCCCCC=CC1=C(c2cccc(CCCC)c2)[N+](=[N-])C(c2cccc(CCCC)c2)=C1CCCCC.Oc1ccccc1.Oc1ccccc1.[Ni]. The Kier molecular flexibility index (Phi) is 34.9. The Balaban J connectivity index is 0.000000896. The maximum atomic E-state index is 12.1. The molecule has 1 aliphatic rings. The third-order valence-electron chi connectivity index (χ3n) is 12.9. The van der Waals surface area contributed by atoms with Gasteiger partial charge in [-0.05, 0) is 111 Å². The van der Waals surface area contributed by atoms with Gasteiger partial charge in [0.1, 0.15) is 11.5 Å². The van der Waals surface area contributed by atoms with E-state index >= 15 is 0 Å². The van der Waals surface area contributed by atoms with Gasteiger partial charge in [0.2, 0.25) is 11.4 Å².